The third kappa shape index (κ3) is 5.45. The molecule has 0 saturated carbocycles. The fraction of sp³-hybridized carbons (Fsp3) is 0.435. The van der Waals surface area contributed by atoms with Crippen molar-refractivity contribution in [3.05, 3.63) is 53.9 Å². The maximum absolute atomic E-state index is 13.0. The summed E-state index contributed by atoms with van der Waals surface area (Å²) >= 11 is 0. The van der Waals surface area contributed by atoms with Crippen LogP contribution in [0.4, 0.5) is 0 Å². The standard InChI is InChI=1S/C23H29N3O5/c1-16(27)24-20(17-6-8-19(30-2)9-7-17)15-22(28)25-13-10-18(11-14-25)26-12-4-5-21(26)23(29)31-3/h4-9,12,18,20H,10-11,13-15H2,1-3H3,(H,24,27). The lowest BCUT2D eigenvalue weighted by Crippen LogP contribution is -2.41. The second kappa shape index (κ2) is 10.1. The Balaban J connectivity index is 1.62. The summed E-state index contributed by atoms with van der Waals surface area (Å²) in [6, 6.07) is 10.7. The number of methoxy groups -OCH3 is 2. The van der Waals surface area contributed by atoms with Crippen molar-refractivity contribution < 1.29 is 23.9 Å². The topological polar surface area (TPSA) is 89.9 Å². The predicted molar refractivity (Wildman–Crippen MR) is 115 cm³/mol. The van der Waals surface area contributed by atoms with Crippen LogP contribution in [0, 0.1) is 0 Å². The minimum Gasteiger partial charge on any atom is -0.497 e. The SMILES string of the molecule is COC(=O)c1cccn1C1CCN(C(=O)CC(NC(C)=O)c2ccc(OC)cc2)CC1. The highest BCUT2D eigenvalue weighted by atomic mass is 16.5. The molecule has 2 heterocycles. The van der Waals surface area contributed by atoms with E-state index in [1.54, 1.807) is 13.2 Å². The van der Waals surface area contributed by atoms with Gasteiger partial charge in [0.05, 0.1) is 26.7 Å². The van der Waals surface area contributed by atoms with Crippen LogP contribution in [0.15, 0.2) is 42.6 Å². The first-order valence-corrected chi connectivity index (χ1v) is 10.4. The maximum Gasteiger partial charge on any atom is 0.354 e. The summed E-state index contributed by atoms with van der Waals surface area (Å²) in [5.74, 6) is 0.167. The van der Waals surface area contributed by atoms with Gasteiger partial charge in [-0.3, -0.25) is 9.59 Å². The number of esters is 1. The largest absolute Gasteiger partial charge is 0.497 e. The second-order valence-electron chi connectivity index (χ2n) is 7.63. The predicted octanol–water partition coefficient (Wildman–Crippen LogP) is 2.71. The highest BCUT2D eigenvalue weighted by Crippen LogP contribution is 2.27. The monoisotopic (exact) mass is 427 g/mol. The molecule has 1 saturated heterocycles. The van der Waals surface area contributed by atoms with Gasteiger partial charge in [0.2, 0.25) is 11.8 Å². The minimum absolute atomic E-state index is 0.00582. The number of amides is 2. The van der Waals surface area contributed by atoms with Crippen molar-refractivity contribution in [3.63, 3.8) is 0 Å². The zero-order chi connectivity index (χ0) is 22.4. The van der Waals surface area contributed by atoms with Gasteiger partial charge < -0.3 is 24.3 Å². The Kier molecular flexibility index (Phi) is 7.33. The van der Waals surface area contributed by atoms with Crippen molar-refractivity contribution in [1.29, 1.82) is 0 Å². The quantitative estimate of drug-likeness (QED) is 0.687. The van der Waals surface area contributed by atoms with E-state index >= 15 is 0 Å². The van der Waals surface area contributed by atoms with E-state index in [0.717, 1.165) is 24.2 Å². The van der Waals surface area contributed by atoms with Crippen LogP contribution in [0.2, 0.25) is 0 Å². The second-order valence-corrected chi connectivity index (χ2v) is 7.63. The van der Waals surface area contributed by atoms with Crippen LogP contribution in [0.3, 0.4) is 0 Å². The molecule has 2 amide bonds. The highest BCUT2D eigenvalue weighted by Gasteiger charge is 2.28. The van der Waals surface area contributed by atoms with E-state index in [1.165, 1.54) is 14.0 Å². The first kappa shape index (κ1) is 22.4. The van der Waals surface area contributed by atoms with Crippen molar-refractivity contribution in [3.8, 4) is 5.75 Å². The summed E-state index contributed by atoms with van der Waals surface area (Å²) in [7, 11) is 2.96. The lowest BCUT2D eigenvalue weighted by atomic mass is 10.00. The summed E-state index contributed by atoms with van der Waals surface area (Å²) in [4.78, 5) is 38.4. The molecule has 0 radical (unpaired) electrons. The van der Waals surface area contributed by atoms with Gasteiger partial charge in [0.25, 0.3) is 0 Å². The van der Waals surface area contributed by atoms with Crippen LogP contribution >= 0.6 is 0 Å². The van der Waals surface area contributed by atoms with Crippen LogP contribution in [-0.4, -0.2) is 54.6 Å². The van der Waals surface area contributed by atoms with Gasteiger partial charge in [-0.15, -0.1) is 0 Å². The summed E-state index contributed by atoms with van der Waals surface area (Å²) in [6.45, 7) is 2.64. The zero-order valence-corrected chi connectivity index (χ0v) is 18.2. The van der Waals surface area contributed by atoms with Gasteiger partial charge in [-0.1, -0.05) is 12.1 Å². The number of hydrogen-bond acceptors (Lipinski definition) is 5. The van der Waals surface area contributed by atoms with Crippen LogP contribution in [0.1, 0.15) is 54.3 Å². The highest BCUT2D eigenvalue weighted by molar-refractivity contribution is 5.87. The van der Waals surface area contributed by atoms with E-state index in [9.17, 15) is 14.4 Å². The summed E-state index contributed by atoms with van der Waals surface area (Å²) in [5.41, 5.74) is 1.38. The van der Waals surface area contributed by atoms with Crippen LogP contribution in [0.25, 0.3) is 0 Å². The number of nitrogens with one attached hydrogen (secondary N) is 1. The Bertz CT molecular complexity index is 914. The Morgan fingerprint density at radius 2 is 1.77 bits per heavy atom. The Morgan fingerprint density at radius 1 is 1.10 bits per heavy atom. The van der Waals surface area contributed by atoms with E-state index < -0.39 is 6.04 Å². The van der Waals surface area contributed by atoms with Gasteiger partial charge in [-0.25, -0.2) is 4.79 Å². The number of aromatic nitrogens is 1. The Labute approximate surface area is 182 Å². The number of carbonyl (C=O) groups excluding carboxylic acids is 3. The molecule has 0 spiro atoms. The molecule has 0 aliphatic carbocycles. The molecule has 31 heavy (non-hydrogen) atoms. The molecule has 166 valence electrons. The number of benzene rings is 1. The Morgan fingerprint density at radius 3 is 2.35 bits per heavy atom. The molecule has 1 aliphatic heterocycles. The van der Waals surface area contributed by atoms with Crippen molar-refractivity contribution in [2.24, 2.45) is 0 Å². The molecule has 1 aliphatic rings. The van der Waals surface area contributed by atoms with E-state index in [1.807, 2.05) is 46.0 Å². The average Bonchev–Trinajstić information content (AvgIpc) is 3.28. The number of hydrogen-bond donors (Lipinski definition) is 1. The molecule has 1 aromatic heterocycles. The number of nitrogens with zero attached hydrogens (tertiary/aromatic N) is 2. The third-order valence-electron chi connectivity index (χ3n) is 5.66. The van der Waals surface area contributed by atoms with E-state index in [-0.39, 0.29) is 30.2 Å². The summed E-state index contributed by atoms with van der Waals surface area (Å²) in [6.07, 6.45) is 3.56. The maximum atomic E-state index is 13.0. The number of piperidine rings is 1. The number of ether oxygens (including phenoxy) is 2. The molecule has 1 atom stereocenters. The third-order valence-corrected chi connectivity index (χ3v) is 5.66. The van der Waals surface area contributed by atoms with E-state index in [0.29, 0.717) is 18.8 Å². The molecule has 8 heteroatoms. The van der Waals surface area contributed by atoms with Crippen LogP contribution in [-0.2, 0) is 14.3 Å². The number of rotatable bonds is 7. The Hall–Kier alpha value is -3.29. The normalized spacial score (nSPS) is 15.3. The van der Waals surface area contributed by atoms with Crippen molar-refractivity contribution in [1.82, 2.24) is 14.8 Å². The van der Waals surface area contributed by atoms with Gasteiger partial charge >= 0.3 is 5.97 Å². The molecular weight excluding hydrogens is 398 g/mol. The molecule has 2 aromatic rings. The molecule has 8 nitrogen and oxygen atoms in total. The number of likely N-dealkylation sites (tertiary alicyclic amines) is 1. The van der Waals surface area contributed by atoms with E-state index in [2.05, 4.69) is 5.32 Å². The van der Waals surface area contributed by atoms with Crippen LogP contribution < -0.4 is 10.1 Å². The first-order chi connectivity index (χ1) is 14.9. The zero-order valence-electron chi connectivity index (χ0n) is 18.2. The lowest BCUT2D eigenvalue weighted by Gasteiger charge is -2.34. The average molecular weight is 428 g/mol. The lowest BCUT2D eigenvalue weighted by molar-refractivity contribution is -0.133. The van der Waals surface area contributed by atoms with Crippen molar-refractivity contribution in [2.45, 2.75) is 38.3 Å². The van der Waals surface area contributed by atoms with Gasteiger partial charge in [-0.2, -0.15) is 0 Å². The molecule has 0 bridgehead atoms. The van der Waals surface area contributed by atoms with Gasteiger partial charge in [0.1, 0.15) is 11.4 Å². The van der Waals surface area contributed by atoms with Gasteiger partial charge in [0.15, 0.2) is 0 Å². The molecule has 3 rings (SSSR count). The van der Waals surface area contributed by atoms with E-state index in [4.69, 9.17) is 9.47 Å². The summed E-state index contributed by atoms with van der Waals surface area (Å²) < 4.78 is 12.0. The first-order valence-electron chi connectivity index (χ1n) is 10.4. The molecule has 1 N–H and O–H groups in total. The molecule has 1 fully saturated rings. The van der Waals surface area contributed by atoms with Crippen molar-refractivity contribution in [2.75, 3.05) is 27.3 Å². The summed E-state index contributed by atoms with van der Waals surface area (Å²) in [5, 5.41) is 2.88. The molecule has 1 aromatic carbocycles. The smallest absolute Gasteiger partial charge is 0.354 e. The fourth-order valence-electron chi connectivity index (χ4n) is 4.02. The van der Waals surface area contributed by atoms with Gasteiger partial charge in [-0.05, 0) is 42.7 Å². The van der Waals surface area contributed by atoms with Crippen LogP contribution in [0.5, 0.6) is 5.75 Å². The van der Waals surface area contributed by atoms with Gasteiger partial charge in [0, 0.05) is 32.3 Å². The molecule has 1 unspecified atom stereocenters. The minimum atomic E-state index is -0.399. The number of carbonyl (C=O) groups is 3. The fourth-order valence-corrected chi connectivity index (χ4v) is 4.02. The molecular formula is C23H29N3O5. The van der Waals surface area contributed by atoms with Crippen molar-refractivity contribution >= 4 is 17.8 Å².